The minimum atomic E-state index is -1.42. The highest BCUT2D eigenvalue weighted by molar-refractivity contribution is 7.80. The Balaban J connectivity index is 2.12. The highest BCUT2D eigenvalue weighted by atomic mass is 32.2. The first-order valence-electron chi connectivity index (χ1n) is 7.14. The van der Waals surface area contributed by atoms with Crippen LogP contribution in [0.15, 0.2) is 53.5 Å². The molecular formula is C17H22O4S. The Morgan fingerprint density at radius 2 is 1.64 bits per heavy atom. The molecular weight excluding hydrogens is 300 g/mol. The summed E-state index contributed by atoms with van der Waals surface area (Å²) >= 11 is -1.42. The summed E-state index contributed by atoms with van der Waals surface area (Å²) in [6.07, 6.45) is 9.32. The summed E-state index contributed by atoms with van der Waals surface area (Å²) in [7, 11) is 0. The average Bonchev–Trinajstić information content (AvgIpc) is 2.49. The van der Waals surface area contributed by atoms with E-state index in [4.69, 9.17) is 8.92 Å². The fourth-order valence-corrected chi connectivity index (χ4v) is 2.24. The van der Waals surface area contributed by atoms with Crippen LogP contribution in [0, 0.1) is 6.92 Å². The molecule has 0 saturated heterocycles. The second-order valence-corrected chi connectivity index (χ2v) is 5.83. The molecule has 0 aliphatic rings. The van der Waals surface area contributed by atoms with Crippen molar-refractivity contribution in [3.8, 4) is 0 Å². The van der Waals surface area contributed by atoms with Gasteiger partial charge in [-0.15, -0.1) is 0 Å². The van der Waals surface area contributed by atoms with Gasteiger partial charge in [-0.05, 0) is 31.9 Å². The Kier molecular flexibility index (Phi) is 9.11. The number of hydrogen-bond donors (Lipinski definition) is 0. The maximum Gasteiger partial charge on any atom is 0.302 e. The molecule has 1 aromatic carbocycles. The third kappa shape index (κ3) is 8.54. The van der Waals surface area contributed by atoms with E-state index in [-0.39, 0.29) is 5.97 Å². The molecule has 0 saturated carbocycles. The van der Waals surface area contributed by atoms with Gasteiger partial charge < -0.3 is 4.74 Å². The van der Waals surface area contributed by atoms with Crippen LogP contribution in [0.4, 0.5) is 0 Å². The molecule has 0 spiro atoms. The zero-order chi connectivity index (χ0) is 16.2. The van der Waals surface area contributed by atoms with E-state index in [2.05, 4.69) is 0 Å². The molecule has 0 aliphatic carbocycles. The fourth-order valence-electron chi connectivity index (χ4n) is 1.55. The van der Waals surface area contributed by atoms with Crippen LogP contribution in [0.3, 0.4) is 0 Å². The van der Waals surface area contributed by atoms with Crippen molar-refractivity contribution in [3.63, 3.8) is 0 Å². The number of esters is 1. The average molecular weight is 322 g/mol. The van der Waals surface area contributed by atoms with Gasteiger partial charge in [0, 0.05) is 6.92 Å². The number of benzene rings is 1. The maximum atomic E-state index is 11.8. The van der Waals surface area contributed by atoms with E-state index in [0.717, 1.165) is 18.4 Å². The predicted molar refractivity (Wildman–Crippen MR) is 87.7 cm³/mol. The first kappa shape index (κ1) is 18.3. The molecule has 1 rings (SSSR count). The van der Waals surface area contributed by atoms with Crippen molar-refractivity contribution in [2.75, 3.05) is 13.2 Å². The zero-order valence-electron chi connectivity index (χ0n) is 13.0. The normalized spacial score (nSPS) is 12.8. The standard InChI is InChI=1S/C17H22O4S/c1-15-9-11-17(12-10-15)22(19)21-14-8-6-4-3-5-7-13-20-16(2)18/h5-12H,3-4,13-14H2,1-2H3/b7-5+,8-6+. The summed E-state index contributed by atoms with van der Waals surface area (Å²) in [4.78, 5) is 11.2. The molecule has 1 aromatic rings. The third-order valence-corrected chi connectivity index (χ3v) is 3.71. The Hall–Kier alpha value is -1.72. The summed E-state index contributed by atoms with van der Waals surface area (Å²) < 4.78 is 21.8. The predicted octanol–water partition coefficient (Wildman–Crippen LogP) is 3.49. The number of unbranched alkanes of at least 4 members (excludes halogenated alkanes) is 1. The van der Waals surface area contributed by atoms with E-state index in [0.29, 0.717) is 18.1 Å². The second-order valence-electron chi connectivity index (χ2n) is 4.66. The van der Waals surface area contributed by atoms with Crippen molar-refractivity contribution in [1.82, 2.24) is 0 Å². The maximum absolute atomic E-state index is 11.8. The molecule has 22 heavy (non-hydrogen) atoms. The lowest BCUT2D eigenvalue weighted by Gasteiger charge is -2.01. The van der Waals surface area contributed by atoms with E-state index in [1.165, 1.54) is 6.92 Å². The number of rotatable bonds is 9. The quantitative estimate of drug-likeness (QED) is 0.397. The molecule has 0 N–H and O–H groups in total. The highest BCUT2D eigenvalue weighted by Gasteiger charge is 2.02. The monoisotopic (exact) mass is 322 g/mol. The first-order chi connectivity index (χ1) is 10.6. The van der Waals surface area contributed by atoms with Gasteiger partial charge >= 0.3 is 5.97 Å². The van der Waals surface area contributed by atoms with E-state index >= 15 is 0 Å². The van der Waals surface area contributed by atoms with Crippen LogP contribution >= 0.6 is 0 Å². The van der Waals surface area contributed by atoms with Gasteiger partial charge in [-0.25, -0.2) is 4.21 Å². The number of allylic oxidation sites excluding steroid dienone is 2. The number of ether oxygens (including phenoxy) is 1. The number of carbonyl (C=O) groups excluding carboxylic acids is 1. The van der Waals surface area contributed by atoms with Gasteiger partial charge in [0.05, 0.1) is 11.5 Å². The van der Waals surface area contributed by atoms with Crippen LogP contribution in [-0.2, 0) is 24.8 Å². The van der Waals surface area contributed by atoms with Gasteiger partial charge in [-0.1, -0.05) is 42.0 Å². The number of aryl methyl sites for hydroxylation is 1. The van der Waals surface area contributed by atoms with Crippen LogP contribution in [0.2, 0.25) is 0 Å². The highest BCUT2D eigenvalue weighted by Crippen LogP contribution is 2.09. The van der Waals surface area contributed by atoms with Gasteiger partial charge in [0.15, 0.2) is 11.1 Å². The molecule has 5 heteroatoms. The molecule has 0 radical (unpaired) electrons. The van der Waals surface area contributed by atoms with E-state index in [1.807, 2.05) is 55.5 Å². The molecule has 0 amide bonds. The van der Waals surface area contributed by atoms with Crippen LogP contribution < -0.4 is 0 Å². The summed E-state index contributed by atoms with van der Waals surface area (Å²) in [6, 6.07) is 7.44. The second kappa shape index (κ2) is 10.9. The fraction of sp³-hybridized carbons (Fsp3) is 0.353. The van der Waals surface area contributed by atoms with Crippen LogP contribution in [0.5, 0.6) is 0 Å². The van der Waals surface area contributed by atoms with Crippen molar-refractivity contribution < 1.29 is 17.9 Å². The molecule has 120 valence electrons. The van der Waals surface area contributed by atoms with Crippen molar-refractivity contribution >= 4 is 17.0 Å². The van der Waals surface area contributed by atoms with Crippen molar-refractivity contribution in [3.05, 3.63) is 54.1 Å². The Labute approximate surface area is 134 Å². The third-order valence-electron chi connectivity index (χ3n) is 2.70. The molecule has 1 unspecified atom stereocenters. The van der Waals surface area contributed by atoms with Crippen molar-refractivity contribution in [2.45, 2.75) is 31.6 Å². The molecule has 0 aromatic heterocycles. The van der Waals surface area contributed by atoms with E-state index < -0.39 is 11.1 Å². The van der Waals surface area contributed by atoms with Crippen molar-refractivity contribution in [1.29, 1.82) is 0 Å². The Morgan fingerprint density at radius 1 is 1.05 bits per heavy atom. The summed E-state index contributed by atoms with van der Waals surface area (Å²) in [5, 5.41) is 0. The van der Waals surface area contributed by atoms with Gasteiger partial charge in [0.2, 0.25) is 0 Å². The molecule has 0 aliphatic heterocycles. The van der Waals surface area contributed by atoms with Gasteiger partial charge in [0.1, 0.15) is 6.61 Å². The SMILES string of the molecule is CC(=O)OC/C=C/CC/C=C/COS(=O)c1ccc(C)cc1. The summed E-state index contributed by atoms with van der Waals surface area (Å²) in [5.74, 6) is -0.275. The van der Waals surface area contributed by atoms with E-state index in [1.54, 1.807) is 0 Å². The van der Waals surface area contributed by atoms with Gasteiger partial charge in [-0.2, -0.15) is 0 Å². The summed E-state index contributed by atoms with van der Waals surface area (Å²) in [5.41, 5.74) is 1.13. The number of hydrogen-bond acceptors (Lipinski definition) is 4. The zero-order valence-corrected chi connectivity index (χ0v) is 13.8. The lowest BCUT2D eigenvalue weighted by Crippen LogP contribution is -1.98. The minimum Gasteiger partial charge on any atom is -0.462 e. The molecule has 4 nitrogen and oxygen atoms in total. The minimum absolute atomic E-state index is 0.275. The largest absolute Gasteiger partial charge is 0.462 e. The topological polar surface area (TPSA) is 52.6 Å². The lowest BCUT2D eigenvalue weighted by atomic mass is 10.2. The van der Waals surface area contributed by atoms with Gasteiger partial charge in [-0.3, -0.25) is 8.98 Å². The molecule has 0 heterocycles. The number of carbonyl (C=O) groups is 1. The smallest absolute Gasteiger partial charge is 0.302 e. The summed E-state index contributed by atoms with van der Waals surface area (Å²) in [6.45, 7) is 4.00. The van der Waals surface area contributed by atoms with Crippen LogP contribution in [-0.4, -0.2) is 23.4 Å². The lowest BCUT2D eigenvalue weighted by molar-refractivity contribution is -0.139. The van der Waals surface area contributed by atoms with E-state index in [9.17, 15) is 9.00 Å². The van der Waals surface area contributed by atoms with Crippen LogP contribution in [0.1, 0.15) is 25.3 Å². The molecule has 0 fully saturated rings. The van der Waals surface area contributed by atoms with Gasteiger partial charge in [0.25, 0.3) is 0 Å². The first-order valence-corrected chi connectivity index (χ1v) is 8.22. The van der Waals surface area contributed by atoms with Crippen molar-refractivity contribution in [2.24, 2.45) is 0 Å². The Bertz CT molecular complexity index is 532. The van der Waals surface area contributed by atoms with Crippen LogP contribution in [0.25, 0.3) is 0 Å². The molecule has 1 atom stereocenters. The molecule has 0 bridgehead atoms. The Morgan fingerprint density at radius 3 is 2.23 bits per heavy atom.